The zero-order valence-electron chi connectivity index (χ0n) is 11.6. The topological polar surface area (TPSA) is 62.1 Å². The Morgan fingerprint density at radius 2 is 1.81 bits per heavy atom. The molecule has 0 aliphatic rings. The fourth-order valence-corrected chi connectivity index (χ4v) is 1.82. The van der Waals surface area contributed by atoms with Gasteiger partial charge in [0.15, 0.2) is 6.61 Å². The summed E-state index contributed by atoms with van der Waals surface area (Å²) in [5, 5.41) is 11.5. The van der Waals surface area contributed by atoms with Crippen LogP contribution >= 0.6 is 0 Å². The van der Waals surface area contributed by atoms with Crippen LogP contribution in [0.25, 0.3) is 0 Å². The molecule has 0 spiro atoms. The second-order valence-electron chi connectivity index (χ2n) is 4.51. The summed E-state index contributed by atoms with van der Waals surface area (Å²) >= 11 is 0. The van der Waals surface area contributed by atoms with Gasteiger partial charge in [-0.2, -0.15) is 5.26 Å². The zero-order valence-corrected chi connectivity index (χ0v) is 11.6. The molecule has 0 aromatic heterocycles. The summed E-state index contributed by atoms with van der Waals surface area (Å²) in [5.74, 6) is 0.419. The number of nitriles is 1. The van der Waals surface area contributed by atoms with Crippen molar-refractivity contribution in [2.24, 2.45) is 0 Å². The molecule has 106 valence electrons. The molecule has 2 aromatic rings. The van der Waals surface area contributed by atoms with Gasteiger partial charge in [0, 0.05) is 6.54 Å². The minimum atomic E-state index is -0.157. The highest BCUT2D eigenvalue weighted by atomic mass is 16.5. The number of nitrogens with one attached hydrogen (secondary N) is 1. The Labute approximate surface area is 124 Å². The van der Waals surface area contributed by atoms with E-state index in [0.717, 1.165) is 6.42 Å². The van der Waals surface area contributed by atoms with Crippen LogP contribution in [-0.2, 0) is 11.2 Å². The minimum absolute atomic E-state index is 0.0271. The lowest BCUT2D eigenvalue weighted by Crippen LogP contribution is -2.30. The van der Waals surface area contributed by atoms with E-state index >= 15 is 0 Å². The predicted octanol–water partition coefficient (Wildman–Crippen LogP) is 2.30. The molecule has 0 atom stereocenters. The average molecular weight is 280 g/mol. The van der Waals surface area contributed by atoms with Gasteiger partial charge in [0.05, 0.1) is 11.6 Å². The Morgan fingerprint density at radius 1 is 1.10 bits per heavy atom. The first-order valence-electron chi connectivity index (χ1n) is 6.71. The molecule has 0 aliphatic heterocycles. The Morgan fingerprint density at radius 3 is 2.48 bits per heavy atom. The van der Waals surface area contributed by atoms with E-state index in [0.29, 0.717) is 17.9 Å². The van der Waals surface area contributed by atoms with Crippen LogP contribution < -0.4 is 10.1 Å². The summed E-state index contributed by atoms with van der Waals surface area (Å²) in [6, 6.07) is 18.7. The molecule has 4 heteroatoms. The summed E-state index contributed by atoms with van der Waals surface area (Å²) in [6.07, 6.45) is 0.795. The zero-order chi connectivity index (χ0) is 14.9. The molecule has 0 bridgehead atoms. The van der Waals surface area contributed by atoms with Crippen molar-refractivity contribution >= 4 is 5.91 Å². The number of nitrogens with zero attached hydrogens (tertiary/aromatic N) is 1. The molecule has 0 fully saturated rings. The van der Waals surface area contributed by atoms with Gasteiger partial charge in [-0.1, -0.05) is 30.3 Å². The van der Waals surface area contributed by atoms with Crippen molar-refractivity contribution < 1.29 is 9.53 Å². The van der Waals surface area contributed by atoms with Crippen molar-refractivity contribution in [3.8, 4) is 11.8 Å². The highest BCUT2D eigenvalue weighted by Gasteiger charge is 2.02. The fraction of sp³-hybridized carbons (Fsp3) is 0.176. The molecule has 2 rings (SSSR count). The molecule has 0 saturated heterocycles. The molecule has 4 nitrogen and oxygen atoms in total. The highest BCUT2D eigenvalue weighted by molar-refractivity contribution is 5.77. The first kappa shape index (κ1) is 14.6. The molecule has 21 heavy (non-hydrogen) atoms. The van der Waals surface area contributed by atoms with Crippen molar-refractivity contribution in [1.82, 2.24) is 5.32 Å². The number of hydrogen-bond donors (Lipinski definition) is 1. The quantitative estimate of drug-likeness (QED) is 0.883. The van der Waals surface area contributed by atoms with Gasteiger partial charge in [-0.05, 0) is 36.2 Å². The molecule has 0 saturated carbocycles. The maximum absolute atomic E-state index is 11.6. The third kappa shape index (κ3) is 5.00. The molecule has 1 N–H and O–H groups in total. The first-order chi connectivity index (χ1) is 10.3. The predicted molar refractivity (Wildman–Crippen MR) is 79.8 cm³/mol. The van der Waals surface area contributed by atoms with Crippen LogP contribution in [0.15, 0.2) is 54.6 Å². The van der Waals surface area contributed by atoms with Crippen molar-refractivity contribution in [1.29, 1.82) is 5.26 Å². The summed E-state index contributed by atoms with van der Waals surface area (Å²) in [6.45, 7) is 0.556. The maximum atomic E-state index is 11.6. The van der Waals surface area contributed by atoms with E-state index in [1.54, 1.807) is 24.3 Å². The van der Waals surface area contributed by atoms with E-state index in [-0.39, 0.29) is 12.5 Å². The number of carbonyl (C=O) groups excluding carboxylic acids is 1. The largest absolute Gasteiger partial charge is 0.484 e. The lowest BCUT2D eigenvalue weighted by atomic mass is 10.1. The lowest BCUT2D eigenvalue weighted by Gasteiger charge is -2.07. The van der Waals surface area contributed by atoms with Crippen LogP contribution in [0.1, 0.15) is 11.1 Å². The normalized spacial score (nSPS) is 9.67. The summed E-state index contributed by atoms with van der Waals surface area (Å²) in [5.41, 5.74) is 1.75. The second kappa shape index (κ2) is 7.71. The van der Waals surface area contributed by atoms with Gasteiger partial charge in [-0.15, -0.1) is 0 Å². The van der Waals surface area contributed by atoms with Gasteiger partial charge in [0.2, 0.25) is 0 Å². The number of hydrogen-bond acceptors (Lipinski definition) is 3. The molecule has 0 aliphatic carbocycles. The number of amides is 1. The number of ether oxygens (including phenoxy) is 1. The van der Waals surface area contributed by atoms with Crippen molar-refractivity contribution in [3.63, 3.8) is 0 Å². The van der Waals surface area contributed by atoms with E-state index in [1.807, 2.05) is 36.4 Å². The third-order valence-electron chi connectivity index (χ3n) is 2.93. The van der Waals surface area contributed by atoms with Gasteiger partial charge in [0.1, 0.15) is 5.75 Å². The molecule has 0 heterocycles. The SMILES string of the molecule is N#Cc1ccc(OCC(=O)NCCc2ccccc2)cc1. The average Bonchev–Trinajstić information content (AvgIpc) is 2.54. The van der Waals surface area contributed by atoms with Crippen LogP contribution in [0, 0.1) is 11.3 Å². The Hall–Kier alpha value is -2.80. The molecule has 0 unspecified atom stereocenters. The lowest BCUT2D eigenvalue weighted by molar-refractivity contribution is -0.123. The van der Waals surface area contributed by atoms with E-state index in [4.69, 9.17) is 10.00 Å². The van der Waals surface area contributed by atoms with Crippen molar-refractivity contribution in [3.05, 3.63) is 65.7 Å². The van der Waals surface area contributed by atoms with Gasteiger partial charge in [-0.3, -0.25) is 4.79 Å². The maximum Gasteiger partial charge on any atom is 0.257 e. The van der Waals surface area contributed by atoms with Crippen LogP contribution in [-0.4, -0.2) is 19.1 Å². The Kier molecular flexibility index (Phi) is 5.36. The monoisotopic (exact) mass is 280 g/mol. The Balaban J connectivity index is 1.68. The standard InChI is InChI=1S/C17H16N2O2/c18-12-15-6-8-16(9-7-15)21-13-17(20)19-11-10-14-4-2-1-3-5-14/h1-9H,10-11,13H2,(H,19,20). The van der Waals surface area contributed by atoms with Gasteiger partial charge in [-0.25, -0.2) is 0 Å². The smallest absolute Gasteiger partial charge is 0.257 e. The van der Waals surface area contributed by atoms with Crippen LogP contribution in [0.3, 0.4) is 0 Å². The van der Waals surface area contributed by atoms with E-state index in [1.165, 1.54) is 5.56 Å². The summed E-state index contributed by atoms with van der Waals surface area (Å²) in [7, 11) is 0. The van der Waals surface area contributed by atoms with Crippen molar-refractivity contribution in [2.75, 3.05) is 13.2 Å². The second-order valence-corrected chi connectivity index (χ2v) is 4.51. The van der Waals surface area contributed by atoms with E-state index in [9.17, 15) is 4.79 Å². The molecule has 1 amide bonds. The van der Waals surface area contributed by atoms with Crippen molar-refractivity contribution in [2.45, 2.75) is 6.42 Å². The van der Waals surface area contributed by atoms with Crippen LogP contribution in [0.2, 0.25) is 0 Å². The Bertz CT molecular complexity index is 615. The van der Waals surface area contributed by atoms with Gasteiger partial charge < -0.3 is 10.1 Å². The number of benzene rings is 2. The van der Waals surface area contributed by atoms with Crippen LogP contribution in [0.5, 0.6) is 5.75 Å². The number of rotatable bonds is 6. The number of carbonyl (C=O) groups is 1. The van der Waals surface area contributed by atoms with Crippen LogP contribution in [0.4, 0.5) is 0 Å². The van der Waals surface area contributed by atoms with E-state index < -0.39 is 0 Å². The summed E-state index contributed by atoms with van der Waals surface area (Å²) in [4.78, 5) is 11.6. The molecule has 0 radical (unpaired) electrons. The minimum Gasteiger partial charge on any atom is -0.484 e. The molecular formula is C17H16N2O2. The summed E-state index contributed by atoms with van der Waals surface area (Å²) < 4.78 is 5.35. The fourth-order valence-electron chi connectivity index (χ4n) is 1.82. The first-order valence-corrected chi connectivity index (χ1v) is 6.71. The van der Waals surface area contributed by atoms with Gasteiger partial charge >= 0.3 is 0 Å². The molecular weight excluding hydrogens is 264 g/mol. The molecule has 2 aromatic carbocycles. The highest BCUT2D eigenvalue weighted by Crippen LogP contribution is 2.11. The third-order valence-corrected chi connectivity index (χ3v) is 2.93. The van der Waals surface area contributed by atoms with Gasteiger partial charge in [0.25, 0.3) is 5.91 Å². The van der Waals surface area contributed by atoms with E-state index in [2.05, 4.69) is 5.32 Å².